The van der Waals surface area contributed by atoms with E-state index in [9.17, 15) is 9.59 Å². The molecule has 0 radical (unpaired) electrons. The maximum atomic E-state index is 11.8. The van der Waals surface area contributed by atoms with Crippen molar-refractivity contribution in [3.05, 3.63) is 29.8 Å². The molecule has 0 aliphatic rings. The fraction of sp³-hybridized carbons (Fsp3) is 0.600. The van der Waals surface area contributed by atoms with Crippen LogP contribution >= 0.6 is 0 Å². The summed E-state index contributed by atoms with van der Waals surface area (Å²) in [7, 11) is 1.56. The maximum absolute atomic E-state index is 11.8. The number of ether oxygens (including phenoxy) is 3. The molecule has 0 bridgehead atoms. The molecule has 0 saturated heterocycles. The van der Waals surface area contributed by atoms with E-state index in [1.165, 1.54) is 25.0 Å². The number of hydrogen-bond donors (Lipinski definition) is 0. The highest BCUT2D eigenvalue weighted by atomic mass is 17.5. The average molecular weight is 398 g/mol. The minimum absolute atomic E-state index is 0.0664. The van der Waals surface area contributed by atoms with Crippen LogP contribution < -0.4 is 4.74 Å². The summed E-state index contributed by atoms with van der Waals surface area (Å²) in [5.41, 5.74) is -0.212. The molecule has 1 rings (SSSR count). The zero-order valence-corrected chi connectivity index (χ0v) is 17.0. The molecule has 0 fully saturated rings. The number of unbranched alkanes of at least 4 members (excludes halogenated alkanes) is 3. The Morgan fingerprint density at radius 2 is 1.68 bits per heavy atom. The lowest BCUT2D eigenvalue weighted by Crippen LogP contribution is -2.25. The number of rotatable bonds is 13. The van der Waals surface area contributed by atoms with Gasteiger partial charge in [0.2, 0.25) is 0 Å². The molecule has 1 aromatic rings. The second-order valence-electron chi connectivity index (χ2n) is 6.77. The van der Waals surface area contributed by atoms with Gasteiger partial charge in [-0.2, -0.15) is 0 Å². The molecule has 0 aromatic heterocycles. The van der Waals surface area contributed by atoms with Gasteiger partial charge in [-0.1, -0.05) is 26.2 Å². The zero-order valence-electron chi connectivity index (χ0n) is 17.0. The summed E-state index contributed by atoms with van der Waals surface area (Å²) in [5, 5.41) is 4.17. The lowest BCUT2D eigenvalue weighted by molar-refractivity contribution is -0.452. The first kappa shape index (κ1) is 23.7. The van der Waals surface area contributed by atoms with Crippen LogP contribution in [0.3, 0.4) is 0 Å². The van der Waals surface area contributed by atoms with Crippen LogP contribution in [0.25, 0.3) is 0 Å². The van der Waals surface area contributed by atoms with Crippen LogP contribution in [0.1, 0.15) is 63.2 Å². The Labute approximate surface area is 165 Å². The first-order chi connectivity index (χ1) is 13.4. The van der Waals surface area contributed by atoms with E-state index in [1.54, 1.807) is 19.2 Å². The number of carbonyl (C=O) groups is 2. The summed E-state index contributed by atoms with van der Waals surface area (Å²) in [5.74, 6) is -0.157. The van der Waals surface area contributed by atoms with Crippen LogP contribution in [0.5, 0.6) is 5.75 Å². The molecule has 1 aromatic carbocycles. The highest BCUT2D eigenvalue weighted by molar-refractivity contribution is 5.89. The van der Waals surface area contributed by atoms with Crippen LogP contribution in [0.4, 0.5) is 4.79 Å². The van der Waals surface area contributed by atoms with Gasteiger partial charge >= 0.3 is 12.1 Å². The molecule has 0 N–H and O–H groups in total. The Hall–Kier alpha value is -2.32. The third-order valence-corrected chi connectivity index (χ3v) is 4.05. The standard InChI is InChI=1S/C20H30O8/c1-5-6-7-8-14-24-17-11-9-16(10-12-17)18(21)26-28-27-19(22)25-15-13-20(2,3)23-4/h9-12H,5-8,13-15H2,1-4H3. The molecule has 0 aliphatic carbocycles. The lowest BCUT2D eigenvalue weighted by Gasteiger charge is -2.21. The second kappa shape index (κ2) is 13.0. The van der Waals surface area contributed by atoms with E-state index < -0.39 is 17.7 Å². The Morgan fingerprint density at radius 3 is 2.32 bits per heavy atom. The van der Waals surface area contributed by atoms with Crippen molar-refractivity contribution < 1.29 is 38.6 Å². The normalized spacial score (nSPS) is 11.0. The summed E-state index contributed by atoms with van der Waals surface area (Å²) in [6.45, 7) is 6.55. The van der Waals surface area contributed by atoms with Crippen molar-refractivity contribution in [3.63, 3.8) is 0 Å². The number of methoxy groups -OCH3 is 1. The van der Waals surface area contributed by atoms with Crippen LogP contribution in [0.2, 0.25) is 0 Å². The van der Waals surface area contributed by atoms with Gasteiger partial charge in [0, 0.05) is 13.5 Å². The zero-order chi connectivity index (χ0) is 20.8. The highest BCUT2D eigenvalue weighted by Gasteiger charge is 2.18. The van der Waals surface area contributed by atoms with Crippen molar-refractivity contribution >= 4 is 12.1 Å². The molecular weight excluding hydrogens is 368 g/mol. The summed E-state index contributed by atoms with van der Waals surface area (Å²) >= 11 is 0. The Kier molecular flexibility index (Phi) is 11.0. The van der Waals surface area contributed by atoms with Crippen molar-refractivity contribution in [3.8, 4) is 5.75 Å². The molecule has 0 saturated carbocycles. The minimum atomic E-state index is -1.12. The molecular formula is C20H30O8. The van der Waals surface area contributed by atoms with Gasteiger partial charge in [0.05, 0.1) is 29.4 Å². The van der Waals surface area contributed by atoms with E-state index in [4.69, 9.17) is 14.2 Å². The highest BCUT2D eigenvalue weighted by Crippen LogP contribution is 2.15. The first-order valence-corrected chi connectivity index (χ1v) is 9.38. The van der Waals surface area contributed by atoms with Crippen LogP contribution in [-0.4, -0.2) is 38.0 Å². The largest absolute Gasteiger partial charge is 0.543 e. The van der Waals surface area contributed by atoms with Crippen molar-refractivity contribution in [2.24, 2.45) is 0 Å². The number of hydrogen-bond acceptors (Lipinski definition) is 8. The van der Waals surface area contributed by atoms with E-state index in [2.05, 4.69) is 21.7 Å². The molecule has 0 atom stereocenters. The predicted octanol–water partition coefficient (Wildman–Crippen LogP) is 4.62. The van der Waals surface area contributed by atoms with E-state index in [-0.39, 0.29) is 12.2 Å². The monoisotopic (exact) mass is 398 g/mol. The maximum Gasteiger partial charge on any atom is 0.543 e. The van der Waals surface area contributed by atoms with Crippen molar-refractivity contribution in [2.45, 2.75) is 58.5 Å². The molecule has 28 heavy (non-hydrogen) atoms. The fourth-order valence-electron chi connectivity index (χ4n) is 2.04. The third kappa shape index (κ3) is 10.1. The molecule has 0 aliphatic heterocycles. The Bertz CT molecular complexity index is 582. The smallest absolute Gasteiger partial charge is 0.494 e. The van der Waals surface area contributed by atoms with Gasteiger partial charge in [-0.05, 0) is 44.5 Å². The molecule has 8 heteroatoms. The Balaban J connectivity index is 2.23. The average Bonchev–Trinajstić information content (AvgIpc) is 2.68. The van der Waals surface area contributed by atoms with E-state index in [1.807, 2.05) is 13.8 Å². The van der Waals surface area contributed by atoms with Crippen molar-refractivity contribution in [1.82, 2.24) is 0 Å². The third-order valence-electron chi connectivity index (χ3n) is 4.05. The minimum Gasteiger partial charge on any atom is -0.494 e. The molecule has 0 amide bonds. The summed E-state index contributed by atoms with van der Waals surface area (Å²) in [4.78, 5) is 31.8. The van der Waals surface area contributed by atoms with Gasteiger partial charge in [0.1, 0.15) is 5.75 Å². The quantitative estimate of drug-likeness (QED) is 0.206. The van der Waals surface area contributed by atoms with Crippen LogP contribution in [0.15, 0.2) is 24.3 Å². The van der Waals surface area contributed by atoms with Crippen LogP contribution in [0, 0.1) is 0 Å². The van der Waals surface area contributed by atoms with Crippen molar-refractivity contribution in [2.75, 3.05) is 20.3 Å². The summed E-state index contributed by atoms with van der Waals surface area (Å²) < 4.78 is 15.5. The molecule has 0 unspecified atom stereocenters. The lowest BCUT2D eigenvalue weighted by atomic mass is 10.1. The summed E-state index contributed by atoms with van der Waals surface area (Å²) in [6.07, 6.45) is 3.82. The molecule has 0 spiro atoms. The van der Waals surface area contributed by atoms with Gasteiger partial charge in [-0.15, -0.1) is 0 Å². The van der Waals surface area contributed by atoms with Gasteiger partial charge in [0.15, 0.2) is 0 Å². The van der Waals surface area contributed by atoms with Crippen molar-refractivity contribution in [1.29, 1.82) is 0 Å². The van der Waals surface area contributed by atoms with E-state index in [0.717, 1.165) is 12.8 Å². The fourth-order valence-corrected chi connectivity index (χ4v) is 2.04. The first-order valence-electron chi connectivity index (χ1n) is 9.38. The van der Waals surface area contributed by atoms with Gasteiger partial charge in [-0.25, -0.2) is 14.5 Å². The number of carbonyl (C=O) groups excluding carboxylic acids is 2. The van der Waals surface area contributed by atoms with E-state index >= 15 is 0 Å². The Morgan fingerprint density at radius 1 is 0.964 bits per heavy atom. The molecule has 8 nitrogen and oxygen atoms in total. The second-order valence-corrected chi connectivity index (χ2v) is 6.77. The number of benzene rings is 1. The van der Waals surface area contributed by atoms with E-state index in [0.29, 0.717) is 18.8 Å². The van der Waals surface area contributed by atoms with Crippen LogP contribution in [-0.2, 0) is 24.3 Å². The molecule has 158 valence electrons. The molecule has 0 heterocycles. The van der Waals surface area contributed by atoms with Gasteiger partial charge < -0.3 is 14.2 Å². The van der Waals surface area contributed by atoms with Gasteiger partial charge in [0.25, 0.3) is 0 Å². The van der Waals surface area contributed by atoms with Gasteiger partial charge in [-0.3, -0.25) is 4.89 Å². The SMILES string of the molecule is CCCCCCOc1ccc(C(=O)OOOC(=O)OCCC(C)(C)OC)cc1. The topological polar surface area (TPSA) is 89.5 Å². The predicted molar refractivity (Wildman–Crippen MR) is 101 cm³/mol. The summed E-state index contributed by atoms with van der Waals surface area (Å²) in [6, 6.07) is 6.36.